The Morgan fingerprint density at radius 3 is 1.86 bits per heavy atom. The second kappa shape index (κ2) is 5.96. The Labute approximate surface area is 78.6 Å². The van der Waals surface area contributed by atoms with Crippen molar-refractivity contribution >= 4 is 0 Å². The Morgan fingerprint density at radius 1 is 0.929 bits per heavy atom. The van der Waals surface area contributed by atoms with Gasteiger partial charge in [-0.2, -0.15) is 0 Å². The van der Waals surface area contributed by atoms with Gasteiger partial charge < -0.3 is 30.3 Å². The summed E-state index contributed by atoms with van der Waals surface area (Å²) in [5, 5.41) is 44.7. The minimum atomic E-state index is -1.57. The summed E-state index contributed by atoms with van der Waals surface area (Å²) in [6.07, 6.45) is -7.04. The quantitative estimate of drug-likeness (QED) is 0.306. The SMILES string of the molecule is O=O.OC[C@H]1OC(O)[C@H](O)[C@@H](O)[C@@H]1O. The molecule has 0 aromatic heterocycles. The first-order valence-corrected chi connectivity index (χ1v) is 3.73. The molecule has 1 aliphatic rings. The van der Waals surface area contributed by atoms with Gasteiger partial charge in [-0.15, -0.1) is 0 Å². The van der Waals surface area contributed by atoms with E-state index in [9.17, 15) is 0 Å². The molecule has 0 aliphatic carbocycles. The number of hydrogen-bond acceptors (Lipinski definition) is 8. The van der Waals surface area contributed by atoms with E-state index in [1.54, 1.807) is 0 Å². The standard InChI is InChI=1S/C6H12O6.O2/c7-1-2-3(8)4(9)5(10)6(11)12-2;1-2/h2-11H,1H2;/t2-,3-,4+,5-,6?;/m1./s1. The fourth-order valence-electron chi connectivity index (χ4n) is 1.08. The molecule has 0 amide bonds. The van der Waals surface area contributed by atoms with Crippen molar-refractivity contribution in [1.82, 2.24) is 0 Å². The van der Waals surface area contributed by atoms with E-state index in [0.717, 1.165) is 0 Å². The highest BCUT2D eigenvalue weighted by atomic mass is 16.7. The lowest BCUT2D eigenvalue weighted by molar-refractivity contribution is -0.286. The monoisotopic (exact) mass is 212 g/mol. The zero-order valence-corrected chi connectivity index (χ0v) is 7.05. The maximum atomic E-state index is 9.12. The molecule has 1 rings (SSSR count). The third-order valence-electron chi connectivity index (χ3n) is 1.87. The molecule has 1 saturated heterocycles. The summed E-state index contributed by atoms with van der Waals surface area (Å²) in [5.41, 5.74) is 0. The van der Waals surface area contributed by atoms with Crippen molar-refractivity contribution in [3.05, 3.63) is 9.93 Å². The van der Waals surface area contributed by atoms with E-state index in [2.05, 4.69) is 4.74 Å². The number of aliphatic hydroxyl groups is 5. The summed E-state index contributed by atoms with van der Waals surface area (Å²) < 4.78 is 4.58. The van der Waals surface area contributed by atoms with Crippen LogP contribution in [0.3, 0.4) is 0 Å². The fraction of sp³-hybridized carbons (Fsp3) is 1.00. The lowest BCUT2D eigenvalue weighted by Crippen LogP contribution is -2.58. The van der Waals surface area contributed by atoms with Gasteiger partial charge in [0.05, 0.1) is 6.61 Å². The van der Waals surface area contributed by atoms with Crippen LogP contribution in [-0.2, 0) is 4.74 Å². The summed E-state index contributed by atoms with van der Waals surface area (Å²) in [5.74, 6) is 0. The van der Waals surface area contributed by atoms with Crippen LogP contribution in [0.15, 0.2) is 0 Å². The van der Waals surface area contributed by atoms with Gasteiger partial charge in [0.25, 0.3) is 0 Å². The highest BCUT2D eigenvalue weighted by Gasteiger charge is 2.42. The average molecular weight is 212 g/mol. The summed E-state index contributed by atoms with van der Waals surface area (Å²) in [6, 6.07) is 0. The summed E-state index contributed by atoms with van der Waals surface area (Å²) >= 11 is 0. The highest BCUT2D eigenvalue weighted by Crippen LogP contribution is 2.18. The van der Waals surface area contributed by atoms with Gasteiger partial charge in [-0.3, -0.25) is 0 Å². The van der Waals surface area contributed by atoms with Crippen LogP contribution in [0.5, 0.6) is 0 Å². The normalized spacial score (nSPS) is 42.5. The molecule has 0 spiro atoms. The smallest absolute Gasteiger partial charge is 0.184 e. The third-order valence-corrected chi connectivity index (χ3v) is 1.87. The van der Waals surface area contributed by atoms with Crippen molar-refractivity contribution in [3.63, 3.8) is 0 Å². The van der Waals surface area contributed by atoms with E-state index in [0.29, 0.717) is 0 Å². The van der Waals surface area contributed by atoms with Crippen LogP contribution >= 0.6 is 0 Å². The maximum absolute atomic E-state index is 9.12. The van der Waals surface area contributed by atoms with Gasteiger partial charge >= 0.3 is 0 Å². The molecule has 1 fully saturated rings. The third kappa shape index (κ3) is 2.67. The predicted molar refractivity (Wildman–Crippen MR) is 42.7 cm³/mol. The van der Waals surface area contributed by atoms with E-state index in [-0.39, 0.29) is 0 Å². The largest absolute Gasteiger partial charge is 0.394 e. The minimum absolute atomic E-state index is 0.526. The first kappa shape index (κ1) is 13.4. The van der Waals surface area contributed by atoms with Crippen LogP contribution in [0.1, 0.15) is 0 Å². The molecular weight excluding hydrogens is 200 g/mol. The van der Waals surface area contributed by atoms with E-state index < -0.39 is 37.3 Å². The Balaban J connectivity index is 0.000000791. The molecule has 8 nitrogen and oxygen atoms in total. The Hall–Kier alpha value is -0.640. The van der Waals surface area contributed by atoms with Gasteiger partial charge in [-0.1, -0.05) is 0 Å². The van der Waals surface area contributed by atoms with Gasteiger partial charge in [-0.25, -0.2) is 0 Å². The van der Waals surface area contributed by atoms with Crippen molar-refractivity contribution in [2.24, 2.45) is 0 Å². The second-order valence-corrected chi connectivity index (χ2v) is 2.72. The Kier molecular flexibility index (Phi) is 5.69. The molecule has 14 heavy (non-hydrogen) atoms. The zero-order valence-electron chi connectivity index (χ0n) is 7.05. The van der Waals surface area contributed by atoms with E-state index in [4.69, 9.17) is 35.5 Å². The first-order valence-electron chi connectivity index (χ1n) is 3.73. The summed E-state index contributed by atoms with van der Waals surface area (Å²) in [6.45, 7) is -0.526. The molecule has 0 radical (unpaired) electrons. The van der Waals surface area contributed by atoms with Crippen LogP contribution in [0.4, 0.5) is 0 Å². The van der Waals surface area contributed by atoms with E-state index in [1.165, 1.54) is 0 Å². The lowest BCUT2D eigenvalue weighted by Gasteiger charge is -2.37. The molecule has 84 valence electrons. The summed E-state index contributed by atoms with van der Waals surface area (Å²) in [4.78, 5) is 14.0. The molecule has 8 heteroatoms. The topological polar surface area (TPSA) is 145 Å². The lowest BCUT2D eigenvalue weighted by atomic mass is 10.00. The van der Waals surface area contributed by atoms with Gasteiger partial charge in [0, 0.05) is 9.93 Å². The molecule has 0 bridgehead atoms. The van der Waals surface area contributed by atoms with Crippen molar-refractivity contribution in [3.8, 4) is 0 Å². The molecule has 0 saturated carbocycles. The molecule has 1 heterocycles. The molecular formula is C6H12O8. The number of hydrogen-bond donors (Lipinski definition) is 5. The van der Waals surface area contributed by atoms with Crippen LogP contribution in [-0.4, -0.2) is 62.8 Å². The Bertz CT molecular complexity index is 159. The van der Waals surface area contributed by atoms with Crippen molar-refractivity contribution in [2.45, 2.75) is 30.7 Å². The van der Waals surface area contributed by atoms with Gasteiger partial charge in [-0.05, 0) is 0 Å². The fourth-order valence-corrected chi connectivity index (χ4v) is 1.08. The first-order chi connectivity index (χ1) is 6.57. The number of ether oxygens (including phenoxy) is 1. The van der Waals surface area contributed by atoms with Crippen molar-refractivity contribution in [1.29, 1.82) is 0 Å². The van der Waals surface area contributed by atoms with E-state index in [1.807, 2.05) is 0 Å². The zero-order chi connectivity index (χ0) is 11.3. The number of aliphatic hydroxyl groups excluding tert-OH is 5. The van der Waals surface area contributed by atoms with Crippen molar-refractivity contribution < 1.29 is 30.3 Å². The average Bonchev–Trinajstić information content (AvgIpc) is 2.23. The number of rotatable bonds is 1. The Morgan fingerprint density at radius 2 is 1.43 bits per heavy atom. The minimum Gasteiger partial charge on any atom is -0.394 e. The predicted octanol–water partition coefficient (Wildman–Crippen LogP) is -3.15. The van der Waals surface area contributed by atoms with Gasteiger partial charge in [0.1, 0.15) is 24.4 Å². The second-order valence-electron chi connectivity index (χ2n) is 2.72. The summed E-state index contributed by atoms with van der Waals surface area (Å²) in [7, 11) is 0. The van der Waals surface area contributed by atoms with Crippen LogP contribution in [0, 0.1) is 9.93 Å². The molecule has 5 atom stereocenters. The van der Waals surface area contributed by atoms with Gasteiger partial charge in [0.15, 0.2) is 6.29 Å². The molecule has 5 N–H and O–H groups in total. The van der Waals surface area contributed by atoms with Crippen LogP contribution in [0.25, 0.3) is 0 Å². The van der Waals surface area contributed by atoms with Crippen LogP contribution in [0.2, 0.25) is 0 Å². The van der Waals surface area contributed by atoms with Gasteiger partial charge in [0.2, 0.25) is 0 Å². The molecule has 0 aromatic carbocycles. The molecule has 1 unspecified atom stereocenters. The van der Waals surface area contributed by atoms with Crippen LogP contribution < -0.4 is 0 Å². The maximum Gasteiger partial charge on any atom is 0.184 e. The van der Waals surface area contributed by atoms with Crippen molar-refractivity contribution in [2.75, 3.05) is 6.61 Å². The highest BCUT2D eigenvalue weighted by molar-refractivity contribution is 4.87. The molecule has 1 aliphatic heterocycles. The molecule has 0 aromatic rings. The van der Waals surface area contributed by atoms with E-state index >= 15 is 0 Å².